The topological polar surface area (TPSA) is 38.7 Å². The van der Waals surface area contributed by atoms with E-state index in [2.05, 4.69) is 35.7 Å². The fourth-order valence-corrected chi connectivity index (χ4v) is 6.52. The lowest BCUT2D eigenvalue weighted by Crippen LogP contribution is -2.04. The number of aryl methyl sites for hydroxylation is 3. The molecular formula is C51H54F9N3. The van der Waals surface area contributed by atoms with Gasteiger partial charge in [0.2, 0.25) is 0 Å². The largest absolute Gasteiger partial charge is 0.416 e. The van der Waals surface area contributed by atoms with Crippen LogP contribution < -0.4 is 0 Å². The molecule has 0 radical (unpaired) electrons. The molecule has 3 heterocycles. The Hall–Kier alpha value is -5.52. The van der Waals surface area contributed by atoms with Crippen molar-refractivity contribution in [1.29, 1.82) is 0 Å². The van der Waals surface area contributed by atoms with Gasteiger partial charge in [0.1, 0.15) is 0 Å². The molecule has 0 aliphatic carbocycles. The highest BCUT2D eigenvalue weighted by Crippen LogP contribution is 2.33. The minimum absolute atomic E-state index is 0.634. The number of rotatable bonds is 15. The number of unbranched alkanes of at least 4 members (excludes halogenated alkanes) is 6. The summed E-state index contributed by atoms with van der Waals surface area (Å²) in [5.41, 5.74) is 5.75. The van der Waals surface area contributed by atoms with Crippen LogP contribution in [0, 0.1) is 0 Å². The van der Waals surface area contributed by atoms with Crippen molar-refractivity contribution in [1.82, 2.24) is 15.0 Å². The fraction of sp³-hybridized carbons (Fsp3) is 0.353. The van der Waals surface area contributed by atoms with E-state index >= 15 is 0 Å². The highest BCUT2D eigenvalue weighted by atomic mass is 19.4. The maximum atomic E-state index is 12.6. The zero-order chi connectivity index (χ0) is 45.9. The SMILES string of the molecule is CCCCCCCc1ccc(-c2ccc(C(F)(F)F)cc2)nc1.CCCCCc1ccc(-c2ccc(C(F)(F)F)cc2)nc1.CCCc1ccc(-c2ccc(C(F)(F)F)cc2)nc1. The summed E-state index contributed by atoms with van der Waals surface area (Å²) in [6.07, 6.45) is 6.21. The van der Waals surface area contributed by atoms with Crippen LogP contribution in [0.4, 0.5) is 39.5 Å². The van der Waals surface area contributed by atoms with Crippen LogP contribution >= 0.6 is 0 Å². The molecule has 3 aromatic carbocycles. The average Bonchev–Trinajstić information content (AvgIpc) is 3.27. The highest BCUT2D eigenvalue weighted by molar-refractivity contribution is 5.61. The van der Waals surface area contributed by atoms with Crippen LogP contribution in [0.2, 0.25) is 0 Å². The zero-order valence-electron chi connectivity index (χ0n) is 35.9. The number of pyridine rings is 3. The first kappa shape index (κ1) is 50.1. The van der Waals surface area contributed by atoms with Gasteiger partial charge in [-0.25, -0.2) is 0 Å². The molecule has 6 rings (SSSR count). The molecule has 6 aromatic rings. The van der Waals surface area contributed by atoms with E-state index in [1.807, 2.05) is 48.8 Å². The van der Waals surface area contributed by atoms with Gasteiger partial charge in [-0.15, -0.1) is 0 Å². The first-order valence-electron chi connectivity index (χ1n) is 21.4. The predicted octanol–water partition coefficient (Wildman–Crippen LogP) is 16.5. The third kappa shape index (κ3) is 16.9. The molecule has 0 fully saturated rings. The highest BCUT2D eigenvalue weighted by Gasteiger charge is 2.31. The van der Waals surface area contributed by atoms with Gasteiger partial charge in [0, 0.05) is 35.3 Å². The number of hydrogen-bond donors (Lipinski definition) is 0. The Morgan fingerprint density at radius 2 is 0.603 bits per heavy atom. The van der Waals surface area contributed by atoms with E-state index in [4.69, 9.17) is 0 Å². The lowest BCUT2D eigenvalue weighted by molar-refractivity contribution is -0.138. The van der Waals surface area contributed by atoms with Crippen molar-refractivity contribution in [2.45, 2.75) is 116 Å². The van der Waals surface area contributed by atoms with Crippen LogP contribution in [0.3, 0.4) is 0 Å². The van der Waals surface area contributed by atoms with Crippen molar-refractivity contribution in [3.8, 4) is 33.8 Å². The predicted molar refractivity (Wildman–Crippen MR) is 234 cm³/mol. The molecule has 0 bridgehead atoms. The smallest absolute Gasteiger partial charge is 0.256 e. The summed E-state index contributed by atoms with van der Waals surface area (Å²) in [6.45, 7) is 6.44. The molecule has 0 aliphatic rings. The third-order valence-electron chi connectivity index (χ3n) is 10.2. The van der Waals surface area contributed by atoms with Gasteiger partial charge >= 0.3 is 18.5 Å². The minimum Gasteiger partial charge on any atom is -0.256 e. The van der Waals surface area contributed by atoms with Gasteiger partial charge in [0.15, 0.2) is 0 Å². The summed E-state index contributed by atoms with van der Waals surface area (Å²) in [7, 11) is 0. The Morgan fingerprint density at radius 1 is 0.317 bits per heavy atom. The number of benzene rings is 3. The van der Waals surface area contributed by atoms with Crippen molar-refractivity contribution in [3.05, 3.63) is 161 Å². The summed E-state index contributed by atoms with van der Waals surface area (Å²) in [5.74, 6) is 0. The molecule has 0 aliphatic heterocycles. The van der Waals surface area contributed by atoms with Gasteiger partial charge in [-0.3, -0.25) is 15.0 Å². The summed E-state index contributed by atoms with van der Waals surface area (Å²) >= 11 is 0. The molecule has 3 aromatic heterocycles. The van der Waals surface area contributed by atoms with Crippen LogP contribution in [-0.2, 0) is 37.8 Å². The second-order valence-corrected chi connectivity index (χ2v) is 15.3. The molecule has 336 valence electrons. The lowest BCUT2D eigenvalue weighted by atomic mass is 10.0. The fourth-order valence-electron chi connectivity index (χ4n) is 6.52. The van der Waals surface area contributed by atoms with Crippen LogP contribution in [0.5, 0.6) is 0 Å². The van der Waals surface area contributed by atoms with Gasteiger partial charge in [-0.2, -0.15) is 39.5 Å². The van der Waals surface area contributed by atoms with Crippen LogP contribution in [0.1, 0.15) is 112 Å². The summed E-state index contributed by atoms with van der Waals surface area (Å²) in [6, 6.07) is 26.8. The van der Waals surface area contributed by atoms with Crippen molar-refractivity contribution < 1.29 is 39.5 Å². The minimum atomic E-state index is -4.30. The molecule has 63 heavy (non-hydrogen) atoms. The zero-order valence-corrected chi connectivity index (χ0v) is 35.9. The summed E-state index contributed by atoms with van der Waals surface area (Å²) in [4.78, 5) is 13.0. The quantitative estimate of drug-likeness (QED) is 0.0762. The van der Waals surface area contributed by atoms with Gasteiger partial charge in [0.25, 0.3) is 0 Å². The van der Waals surface area contributed by atoms with E-state index in [0.717, 1.165) is 80.5 Å². The van der Waals surface area contributed by atoms with E-state index < -0.39 is 35.2 Å². The van der Waals surface area contributed by atoms with Crippen molar-refractivity contribution >= 4 is 0 Å². The monoisotopic (exact) mass is 879 g/mol. The maximum Gasteiger partial charge on any atom is 0.416 e. The molecule has 0 amide bonds. The molecule has 0 saturated carbocycles. The second kappa shape index (κ2) is 24.4. The Balaban J connectivity index is 0.000000208. The molecule has 0 unspecified atom stereocenters. The van der Waals surface area contributed by atoms with Crippen LogP contribution in [0.15, 0.2) is 128 Å². The summed E-state index contributed by atoms with van der Waals surface area (Å²) in [5, 5.41) is 0. The Morgan fingerprint density at radius 3 is 0.873 bits per heavy atom. The molecule has 0 saturated heterocycles. The standard InChI is InChI=1S/C19H22F3N.C17H18F3N.C15H14F3N/c1-2-3-4-5-6-7-15-8-13-18(23-14-15)16-9-11-17(12-10-16)19(20,21)22;1-2-3-4-5-13-6-11-16(21-12-13)14-7-9-15(10-8-14)17(18,19)20;1-2-3-11-4-9-14(19-10-11)12-5-7-13(8-6-12)15(16,17)18/h8-14H,2-7H2,1H3;6-12H,2-5H2,1H3;4-10H,2-3H2,1H3. The van der Waals surface area contributed by atoms with Gasteiger partial charge in [0.05, 0.1) is 33.8 Å². The molecular weight excluding hydrogens is 826 g/mol. The van der Waals surface area contributed by atoms with Crippen molar-refractivity contribution in [3.63, 3.8) is 0 Å². The molecule has 3 nitrogen and oxygen atoms in total. The molecule has 0 spiro atoms. The van der Waals surface area contributed by atoms with E-state index in [-0.39, 0.29) is 0 Å². The van der Waals surface area contributed by atoms with Gasteiger partial charge < -0.3 is 0 Å². The van der Waals surface area contributed by atoms with Gasteiger partial charge in [-0.1, -0.05) is 120 Å². The van der Waals surface area contributed by atoms with E-state index in [1.54, 1.807) is 6.20 Å². The molecule has 12 heteroatoms. The summed E-state index contributed by atoms with van der Waals surface area (Å²) < 4.78 is 113. The number of halogens is 9. The Bertz CT molecular complexity index is 2180. The Labute approximate surface area is 364 Å². The normalized spacial score (nSPS) is 11.6. The van der Waals surface area contributed by atoms with Crippen LogP contribution in [0.25, 0.3) is 33.8 Å². The van der Waals surface area contributed by atoms with E-state index in [9.17, 15) is 39.5 Å². The lowest BCUT2D eigenvalue weighted by Gasteiger charge is -2.08. The average molecular weight is 880 g/mol. The maximum absolute atomic E-state index is 12.6. The van der Waals surface area contributed by atoms with Crippen LogP contribution in [-0.4, -0.2) is 15.0 Å². The first-order chi connectivity index (χ1) is 30.0. The van der Waals surface area contributed by atoms with Crippen molar-refractivity contribution in [2.75, 3.05) is 0 Å². The van der Waals surface area contributed by atoms with Crippen molar-refractivity contribution in [2.24, 2.45) is 0 Å². The molecule has 0 N–H and O–H groups in total. The second-order valence-electron chi connectivity index (χ2n) is 15.3. The number of aromatic nitrogens is 3. The van der Waals surface area contributed by atoms with Gasteiger partial charge in [-0.05, 0) is 103 Å². The Kier molecular flexibility index (Phi) is 19.4. The first-order valence-corrected chi connectivity index (χ1v) is 21.4. The van der Waals surface area contributed by atoms with E-state index in [0.29, 0.717) is 33.8 Å². The number of nitrogens with zero attached hydrogens (tertiary/aromatic N) is 3. The number of hydrogen-bond acceptors (Lipinski definition) is 3. The van der Waals surface area contributed by atoms with E-state index in [1.165, 1.54) is 86.1 Å². The molecule has 0 atom stereocenters. The number of alkyl halides is 9. The third-order valence-corrected chi connectivity index (χ3v) is 10.2.